The highest BCUT2D eigenvalue weighted by Gasteiger charge is 2.11. The minimum absolute atomic E-state index is 0.00481. The quantitative estimate of drug-likeness (QED) is 0.843. The van der Waals surface area contributed by atoms with Gasteiger partial charge in [-0.15, -0.1) is 0 Å². The average Bonchev–Trinajstić information content (AvgIpc) is 2.44. The molecule has 0 spiro atoms. The van der Waals surface area contributed by atoms with Crippen LogP contribution < -0.4 is 10.1 Å². The van der Waals surface area contributed by atoms with Crippen molar-refractivity contribution in [3.05, 3.63) is 58.1 Å². The number of benzene rings is 2. The molecule has 5 heteroatoms. The minimum Gasteiger partial charge on any atom is -0.497 e. The Morgan fingerprint density at radius 1 is 1.11 bits per heavy atom. The van der Waals surface area contributed by atoms with Crippen LogP contribution in [0.4, 0.5) is 14.5 Å². The molecule has 2 aromatic carbocycles. The molecule has 2 rings (SSSR count). The van der Waals surface area contributed by atoms with Crippen molar-refractivity contribution >= 4 is 21.6 Å². The lowest BCUT2D eigenvalue weighted by Crippen LogP contribution is -2.05. The summed E-state index contributed by atoms with van der Waals surface area (Å²) in [7, 11) is 1.58. The van der Waals surface area contributed by atoms with Crippen molar-refractivity contribution in [2.24, 2.45) is 0 Å². The zero-order valence-corrected chi connectivity index (χ0v) is 11.8. The van der Waals surface area contributed by atoms with Gasteiger partial charge in [-0.3, -0.25) is 0 Å². The summed E-state index contributed by atoms with van der Waals surface area (Å²) in [5.74, 6) is -0.423. The van der Waals surface area contributed by atoms with Crippen molar-refractivity contribution in [2.45, 2.75) is 6.54 Å². The molecule has 0 heterocycles. The van der Waals surface area contributed by atoms with Gasteiger partial charge in [-0.05, 0) is 52.3 Å². The predicted octanol–water partition coefficient (Wildman–Crippen LogP) is 4.35. The first-order valence-electron chi connectivity index (χ1n) is 5.62. The number of ether oxygens (including phenoxy) is 1. The van der Waals surface area contributed by atoms with Crippen LogP contribution in [0.15, 0.2) is 40.9 Å². The highest BCUT2D eigenvalue weighted by molar-refractivity contribution is 9.10. The third kappa shape index (κ3) is 3.23. The molecular weight excluding hydrogens is 316 g/mol. The maximum absolute atomic E-state index is 13.7. The maximum Gasteiger partial charge on any atom is 0.145 e. The van der Waals surface area contributed by atoms with Gasteiger partial charge in [0.05, 0.1) is 11.6 Å². The third-order valence-electron chi connectivity index (χ3n) is 2.70. The zero-order chi connectivity index (χ0) is 13.8. The Kier molecular flexibility index (Phi) is 4.37. The summed E-state index contributed by atoms with van der Waals surface area (Å²) in [4.78, 5) is 0. The lowest BCUT2D eigenvalue weighted by molar-refractivity contribution is 0.415. The largest absolute Gasteiger partial charge is 0.497 e. The third-order valence-corrected chi connectivity index (χ3v) is 3.31. The summed E-state index contributed by atoms with van der Waals surface area (Å²) in [5.41, 5.74) is 0.768. The van der Waals surface area contributed by atoms with Gasteiger partial charge in [0.15, 0.2) is 0 Å². The van der Waals surface area contributed by atoms with Crippen LogP contribution in [-0.4, -0.2) is 7.11 Å². The number of anilines is 1. The summed E-state index contributed by atoms with van der Waals surface area (Å²) in [6, 6.07) is 9.70. The SMILES string of the molecule is COc1ccc(NCc2c(F)ccc(Br)c2F)cc1. The van der Waals surface area contributed by atoms with Gasteiger partial charge in [-0.25, -0.2) is 8.78 Å². The summed E-state index contributed by atoms with van der Waals surface area (Å²) < 4.78 is 32.6. The Bertz CT molecular complexity index is 572. The topological polar surface area (TPSA) is 21.3 Å². The van der Waals surface area contributed by atoms with E-state index >= 15 is 0 Å². The van der Waals surface area contributed by atoms with Crippen molar-refractivity contribution in [2.75, 3.05) is 12.4 Å². The van der Waals surface area contributed by atoms with Crippen molar-refractivity contribution in [3.8, 4) is 5.75 Å². The molecule has 0 atom stereocenters. The molecule has 0 bridgehead atoms. The second-order valence-corrected chi connectivity index (χ2v) is 4.76. The first-order valence-corrected chi connectivity index (χ1v) is 6.41. The van der Waals surface area contributed by atoms with Crippen LogP contribution >= 0.6 is 15.9 Å². The van der Waals surface area contributed by atoms with Gasteiger partial charge in [-0.2, -0.15) is 0 Å². The van der Waals surface area contributed by atoms with Gasteiger partial charge in [-0.1, -0.05) is 0 Å². The smallest absolute Gasteiger partial charge is 0.145 e. The van der Waals surface area contributed by atoms with Crippen LogP contribution in [0.1, 0.15) is 5.56 Å². The van der Waals surface area contributed by atoms with E-state index in [1.165, 1.54) is 12.1 Å². The summed E-state index contributed by atoms with van der Waals surface area (Å²) in [6.45, 7) is 0.0729. The summed E-state index contributed by atoms with van der Waals surface area (Å²) in [5, 5.41) is 2.96. The molecule has 0 aliphatic carbocycles. The van der Waals surface area contributed by atoms with Gasteiger partial charge < -0.3 is 10.1 Å². The number of hydrogen-bond acceptors (Lipinski definition) is 2. The maximum atomic E-state index is 13.7. The highest BCUT2D eigenvalue weighted by Crippen LogP contribution is 2.23. The zero-order valence-electron chi connectivity index (χ0n) is 10.2. The molecule has 0 saturated carbocycles. The van der Waals surface area contributed by atoms with E-state index in [2.05, 4.69) is 21.2 Å². The number of halogens is 3. The number of methoxy groups -OCH3 is 1. The normalized spacial score (nSPS) is 10.3. The van der Waals surface area contributed by atoms with Gasteiger partial charge >= 0.3 is 0 Å². The average molecular weight is 328 g/mol. The van der Waals surface area contributed by atoms with E-state index in [0.29, 0.717) is 0 Å². The summed E-state index contributed by atoms with van der Waals surface area (Å²) >= 11 is 3.04. The second-order valence-electron chi connectivity index (χ2n) is 3.90. The van der Waals surface area contributed by atoms with Crippen LogP contribution in [-0.2, 0) is 6.54 Å². The molecule has 0 unspecified atom stereocenters. The molecular formula is C14H12BrF2NO. The molecule has 2 nitrogen and oxygen atoms in total. The molecule has 19 heavy (non-hydrogen) atoms. The molecule has 0 aliphatic heterocycles. The molecule has 0 aromatic heterocycles. The number of hydrogen-bond donors (Lipinski definition) is 1. The molecule has 2 aromatic rings. The molecule has 0 saturated heterocycles. The number of rotatable bonds is 4. The lowest BCUT2D eigenvalue weighted by atomic mass is 10.2. The minimum atomic E-state index is -0.582. The van der Waals surface area contributed by atoms with Gasteiger partial charge in [0.1, 0.15) is 17.4 Å². The molecule has 0 aliphatic rings. The fraction of sp³-hybridized carbons (Fsp3) is 0.143. The molecule has 100 valence electrons. The first-order chi connectivity index (χ1) is 9.11. The Morgan fingerprint density at radius 3 is 2.42 bits per heavy atom. The monoisotopic (exact) mass is 327 g/mol. The van der Waals surface area contributed by atoms with Crippen LogP contribution in [0.5, 0.6) is 5.75 Å². The van der Waals surface area contributed by atoms with E-state index in [0.717, 1.165) is 11.4 Å². The second kappa shape index (κ2) is 6.02. The van der Waals surface area contributed by atoms with Crippen LogP contribution in [0, 0.1) is 11.6 Å². The van der Waals surface area contributed by atoms with E-state index in [4.69, 9.17) is 4.74 Å². The predicted molar refractivity (Wildman–Crippen MR) is 74.4 cm³/mol. The Labute approximate surface area is 118 Å². The van der Waals surface area contributed by atoms with E-state index in [1.54, 1.807) is 31.4 Å². The Hall–Kier alpha value is -1.62. The highest BCUT2D eigenvalue weighted by atomic mass is 79.9. The summed E-state index contributed by atoms with van der Waals surface area (Å²) in [6.07, 6.45) is 0. The van der Waals surface area contributed by atoms with E-state index in [-0.39, 0.29) is 16.6 Å². The molecule has 1 N–H and O–H groups in total. The van der Waals surface area contributed by atoms with Crippen molar-refractivity contribution in [1.82, 2.24) is 0 Å². The van der Waals surface area contributed by atoms with Gasteiger partial charge in [0, 0.05) is 17.8 Å². The van der Waals surface area contributed by atoms with Crippen molar-refractivity contribution < 1.29 is 13.5 Å². The first kappa shape index (κ1) is 13.8. The molecule has 0 amide bonds. The van der Waals surface area contributed by atoms with Crippen LogP contribution in [0.25, 0.3) is 0 Å². The molecule has 0 radical (unpaired) electrons. The lowest BCUT2D eigenvalue weighted by Gasteiger charge is -2.10. The Morgan fingerprint density at radius 2 is 1.79 bits per heavy atom. The van der Waals surface area contributed by atoms with Crippen LogP contribution in [0.2, 0.25) is 0 Å². The standard InChI is InChI=1S/C14H12BrF2NO/c1-19-10-4-2-9(3-5-10)18-8-11-13(16)7-6-12(15)14(11)17/h2-7,18H,8H2,1H3. The number of nitrogens with one attached hydrogen (secondary N) is 1. The fourth-order valence-electron chi connectivity index (χ4n) is 1.63. The van der Waals surface area contributed by atoms with Crippen LogP contribution in [0.3, 0.4) is 0 Å². The van der Waals surface area contributed by atoms with Gasteiger partial charge in [0.2, 0.25) is 0 Å². The fourth-order valence-corrected chi connectivity index (χ4v) is 2.00. The molecule has 0 fully saturated rings. The van der Waals surface area contributed by atoms with E-state index in [1.807, 2.05) is 0 Å². The Balaban J connectivity index is 2.12. The van der Waals surface area contributed by atoms with E-state index in [9.17, 15) is 8.78 Å². The van der Waals surface area contributed by atoms with E-state index < -0.39 is 11.6 Å². The van der Waals surface area contributed by atoms with Crippen molar-refractivity contribution in [1.29, 1.82) is 0 Å². The van der Waals surface area contributed by atoms with Gasteiger partial charge in [0.25, 0.3) is 0 Å². The van der Waals surface area contributed by atoms with Crippen molar-refractivity contribution in [3.63, 3.8) is 0 Å².